The zero-order chi connectivity index (χ0) is 42.0. The summed E-state index contributed by atoms with van der Waals surface area (Å²) in [6.07, 6.45) is 0. The van der Waals surface area contributed by atoms with Crippen LogP contribution in [-0.4, -0.2) is 0 Å². The van der Waals surface area contributed by atoms with Crippen molar-refractivity contribution in [1.82, 2.24) is 0 Å². The molecule has 11 rings (SSSR count). The van der Waals surface area contributed by atoms with Gasteiger partial charge in [0, 0.05) is 16.9 Å². The van der Waals surface area contributed by atoms with Crippen LogP contribution in [-0.2, 0) is 0 Å². The van der Waals surface area contributed by atoms with E-state index in [9.17, 15) is 0 Å². The summed E-state index contributed by atoms with van der Waals surface area (Å²) in [5, 5.41) is 4.99. The molecule has 296 valence electrons. The number of rotatable bonds is 9. The number of nitrogens with zero attached hydrogens (tertiary/aromatic N) is 1. The van der Waals surface area contributed by atoms with Crippen molar-refractivity contribution in [2.45, 2.75) is 0 Å². The lowest BCUT2D eigenvalue weighted by molar-refractivity contribution is 1.28. The van der Waals surface area contributed by atoms with Crippen molar-refractivity contribution < 1.29 is 0 Å². The third-order valence-corrected chi connectivity index (χ3v) is 12.3. The van der Waals surface area contributed by atoms with Crippen LogP contribution < -0.4 is 4.90 Å². The molecule has 11 aromatic rings. The second-order valence-corrected chi connectivity index (χ2v) is 16.0. The van der Waals surface area contributed by atoms with Crippen LogP contribution in [0, 0.1) is 0 Å². The molecule has 1 heteroatoms. The van der Waals surface area contributed by atoms with Crippen LogP contribution in [0.3, 0.4) is 0 Å². The van der Waals surface area contributed by atoms with Gasteiger partial charge < -0.3 is 4.90 Å². The predicted octanol–water partition coefficient (Wildman–Crippen LogP) is 17.5. The van der Waals surface area contributed by atoms with Crippen molar-refractivity contribution in [3.8, 4) is 66.8 Å². The zero-order valence-corrected chi connectivity index (χ0v) is 34.8. The average molecular weight is 802 g/mol. The molecule has 0 aliphatic rings. The van der Waals surface area contributed by atoms with Crippen LogP contribution in [0.5, 0.6) is 0 Å². The molecule has 63 heavy (non-hydrogen) atoms. The summed E-state index contributed by atoms with van der Waals surface area (Å²) in [5.74, 6) is 0. The minimum absolute atomic E-state index is 1.08. The molecule has 0 spiro atoms. The number of hydrogen-bond donors (Lipinski definition) is 0. The van der Waals surface area contributed by atoms with Crippen molar-refractivity contribution in [1.29, 1.82) is 0 Å². The fourth-order valence-electron chi connectivity index (χ4n) is 9.43. The van der Waals surface area contributed by atoms with Gasteiger partial charge in [-0.3, -0.25) is 0 Å². The first-order valence-corrected chi connectivity index (χ1v) is 21.7. The maximum atomic E-state index is 2.42. The van der Waals surface area contributed by atoms with Crippen molar-refractivity contribution in [2.75, 3.05) is 4.90 Å². The molecule has 0 radical (unpaired) electrons. The summed E-state index contributed by atoms with van der Waals surface area (Å²) in [6.45, 7) is 0. The molecule has 0 saturated carbocycles. The Kier molecular flexibility index (Phi) is 9.97. The molecule has 0 unspecified atom stereocenters. The predicted molar refractivity (Wildman–Crippen MR) is 269 cm³/mol. The molecule has 0 heterocycles. The average Bonchev–Trinajstić information content (AvgIpc) is 3.37. The molecule has 0 atom stereocenters. The van der Waals surface area contributed by atoms with E-state index >= 15 is 0 Å². The third-order valence-electron chi connectivity index (χ3n) is 12.3. The molecule has 0 aromatic heterocycles. The van der Waals surface area contributed by atoms with Gasteiger partial charge in [-0.2, -0.15) is 0 Å². The molecule has 0 saturated heterocycles. The second-order valence-electron chi connectivity index (χ2n) is 16.0. The summed E-state index contributed by atoms with van der Waals surface area (Å²) in [5.41, 5.74) is 17.7. The van der Waals surface area contributed by atoms with Gasteiger partial charge in [0.15, 0.2) is 0 Å². The Bertz CT molecular complexity index is 3340. The van der Waals surface area contributed by atoms with Crippen molar-refractivity contribution in [3.63, 3.8) is 0 Å². The lowest BCUT2D eigenvalue weighted by atomic mass is 9.83. The molecule has 1 nitrogen and oxygen atoms in total. The number of benzene rings is 11. The van der Waals surface area contributed by atoms with E-state index in [4.69, 9.17) is 0 Å². The first-order valence-electron chi connectivity index (χ1n) is 21.7. The van der Waals surface area contributed by atoms with Crippen molar-refractivity contribution in [3.05, 3.63) is 261 Å². The summed E-state index contributed by atoms with van der Waals surface area (Å²) in [7, 11) is 0. The molecule has 0 aliphatic heterocycles. The molecule has 0 aliphatic carbocycles. The van der Waals surface area contributed by atoms with Crippen LogP contribution in [0.1, 0.15) is 0 Å². The van der Waals surface area contributed by atoms with Gasteiger partial charge >= 0.3 is 0 Å². The Hall–Kier alpha value is -8.26. The van der Waals surface area contributed by atoms with Gasteiger partial charge in [-0.05, 0) is 113 Å². The lowest BCUT2D eigenvalue weighted by Gasteiger charge is -2.29. The Morgan fingerprint density at radius 2 is 0.635 bits per heavy atom. The zero-order valence-electron chi connectivity index (χ0n) is 34.8. The summed E-state index contributed by atoms with van der Waals surface area (Å²) in [4.78, 5) is 2.42. The summed E-state index contributed by atoms with van der Waals surface area (Å²) < 4.78 is 0. The highest BCUT2D eigenvalue weighted by Gasteiger charge is 2.22. The number of anilines is 3. The lowest BCUT2D eigenvalue weighted by Crippen LogP contribution is -2.11. The van der Waals surface area contributed by atoms with Gasteiger partial charge in [0.25, 0.3) is 0 Å². The van der Waals surface area contributed by atoms with Gasteiger partial charge in [-0.25, -0.2) is 0 Å². The van der Waals surface area contributed by atoms with Crippen LogP contribution in [0.2, 0.25) is 0 Å². The summed E-state index contributed by atoms with van der Waals surface area (Å²) >= 11 is 0. The molecule has 0 fully saturated rings. The maximum absolute atomic E-state index is 2.42. The molecular weight excluding hydrogens is 759 g/mol. The van der Waals surface area contributed by atoms with Crippen molar-refractivity contribution in [2.24, 2.45) is 0 Å². The van der Waals surface area contributed by atoms with E-state index in [1.54, 1.807) is 0 Å². The minimum Gasteiger partial charge on any atom is -0.310 e. The Labute approximate surface area is 369 Å². The smallest absolute Gasteiger partial charge is 0.0540 e. The van der Waals surface area contributed by atoms with Gasteiger partial charge in [0.1, 0.15) is 0 Å². The van der Waals surface area contributed by atoms with E-state index in [2.05, 4.69) is 266 Å². The number of para-hydroxylation sites is 1. The Morgan fingerprint density at radius 1 is 0.222 bits per heavy atom. The SMILES string of the molecule is c1ccc(-c2ccc(N(c3ccc(-c4cccc5c(-c6ccccc6)c(-c6ccccc6)c6ccccc6c45)cc3)c3ccccc3-c3ccccc3)cc2-c2ccccc2)cc1. The highest BCUT2D eigenvalue weighted by Crippen LogP contribution is 2.48. The maximum Gasteiger partial charge on any atom is 0.0540 e. The monoisotopic (exact) mass is 801 g/mol. The normalized spacial score (nSPS) is 11.2. The number of hydrogen-bond acceptors (Lipinski definition) is 1. The molecule has 11 aromatic carbocycles. The van der Waals surface area contributed by atoms with E-state index in [0.717, 1.165) is 17.1 Å². The minimum atomic E-state index is 1.08. The quantitative estimate of drug-likeness (QED) is 0.131. The fraction of sp³-hybridized carbons (Fsp3) is 0. The topological polar surface area (TPSA) is 3.24 Å². The van der Waals surface area contributed by atoms with Crippen LogP contribution >= 0.6 is 0 Å². The number of fused-ring (bicyclic) bond motifs is 3. The van der Waals surface area contributed by atoms with Gasteiger partial charge in [-0.15, -0.1) is 0 Å². The van der Waals surface area contributed by atoms with E-state index in [0.29, 0.717) is 0 Å². The molecule has 0 N–H and O–H groups in total. The Balaban J connectivity index is 1.12. The van der Waals surface area contributed by atoms with E-state index in [1.807, 2.05) is 0 Å². The first-order chi connectivity index (χ1) is 31.3. The standard InChI is InChI=1S/C62H43N/c1-6-21-44(22-7-1)52-42-41-51(43-58(52)46-25-10-3-11-26-46)63(59-36-19-18-31-53(59)45-23-8-2-9-24-45)50-39-37-47(38-40-50)54-34-20-35-57-61(49-29-14-5-15-30-49)60(48-27-12-4-13-28-48)55-32-16-17-33-56(55)62(54)57/h1-43H. The molecular formula is C62H43N. The van der Waals surface area contributed by atoms with E-state index < -0.39 is 0 Å². The molecule has 0 amide bonds. The van der Waals surface area contributed by atoms with E-state index in [-0.39, 0.29) is 0 Å². The first kappa shape index (κ1) is 37.7. The van der Waals surface area contributed by atoms with Crippen LogP contribution in [0.25, 0.3) is 88.3 Å². The van der Waals surface area contributed by atoms with Crippen LogP contribution in [0.4, 0.5) is 17.1 Å². The van der Waals surface area contributed by atoms with Gasteiger partial charge in [0.2, 0.25) is 0 Å². The Morgan fingerprint density at radius 3 is 1.24 bits per heavy atom. The van der Waals surface area contributed by atoms with Crippen LogP contribution in [0.15, 0.2) is 261 Å². The van der Waals surface area contributed by atoms with E-state index in [1.165, 1.54) is 88.3 Å². The second kappa shape index (κ2) is 16.7. The van der Waals surface area contributed by atoms with Gasteiger partial charge in [-0.1, -0.05) is 231 Å². The van der Waals surface area contributed by atoms with Gasteiger partial charge in [0.05, 0.1) is 5.69 Å². The molecule has 0 bridgehead atoms. The third kappa shape index (κ3) is 7.06. The highest BCUT2D eigenvalue weighted by atomic mass is 15.1. The highest BCUT2D eigenvalue weighted by molar-refractivity contribution is 6.25. The fourth-order valence-corrected chi connectivity index (χ4v) is 9.43. The summed E-state index contributed by atoms with van der Waals surface area (Å²) in [6, 6.07) is 94.6. The largest absolute Gasteiger partial charge is 0.310 e. The van der Waals surface area contributed by atoms with Crippen molar-refractivity contribution >= 4 is 38.6 Å².